The number of halogens is 1. The van der Waals surface area contributed by atoms with Gasteiger partial charge >= 0.3 is 0 Å². The van der Waals surface area contributed by atoms with Crippen molar-refractivity contribution >= 4 is 33.2 Å². The summed E-state index contributed by atoms with van der Waals surface area (Å²) >= 11 is 6.01. The smallest absolute Gasteiger partial charge is 0.251 e. The lowest BCUT2D eigenvalue weighted by atomic mass is 10.1. The average molecular weight is 353 g/mol. The van der Waals surface area contributed by atoms with Crippen LogP contribution < -0.4 is 10.0 Å². The van der Waals surface area contributed by atoms with Crippen LogP contribution in [-0.2, 0) is 16.6 Å². The average Bonchev–Trinajstić information content (AvgIpc) is 2.47. The second kappa shape index (κ2) is 7.02. The minimum Gasteiger partial charge on any atom is -0.348 e. The quantitative estimate of drug-likeness (QED) is 0.868. The van der Waals surface area contributed by atoms with Gasteiger partial charge in [0.05, 0.1) is 17.0 Å². The maximum atomic E-state index is 12.1. The molecule has 2 rings (SSSR count). The molecule has 0 saturated carbocycles. The summed E-state index contributed by atoms with van der Waals surface area (Å²) in [6.45, 7) is 2.40. The Morgan fingerprint density at radius 3 is 2.35 bits per heavy atom. The van der Waals surface area contributed by atoms with Crippen molar-refractivity contribution in [2.75, 3.05) is 11.0 Å². The maximum Gasteiger partial charge on any atom is 0.251 e. The molecule has 0 heterocycles. The van der Waals surface area contributed by atoms with E-state index in [1.54, 1.807) is 0 Å². The molecule has 0 radical (unpaired) electrons. The van der Waals surface area contributed by atoms with Crippen LogP contribution in [0.1, 0.15) is 21.5 Å². The number of amides is 1. The number of nitrogens with one attached hydrogen (secondary N) is 2. The molecule has 23 heavy (non-hydrogen) atoms. The van der Waals surface area contributed by atoms with E-state index in [4.69, 9.17) is 11.6 Å². The Balaban J connectivity index is 2.05. The molecule has 2 aromatic carbocycles. The first-order chi connectivity index (χ1) is 10.7. The number of sulfonamides is 1. The number of hydrogen-bond donors (Lipinski definition) is 2. The first kappa shape index (κ1) is 17.3. The topological polar surface area (TPSA) is 75.3 Å². The zero-order chi connectivity index (χ0) is 17.0. The fourth-order valence-corrected chi connectivity index (χ4v) is 2.79. The molecule has 0 fully saturated rings. The van der Waals surface area contributed by atoms with E-state index in [1.807, 2.05) is 31.2 Å². The molecule has 122 valence electrons. The Morgan fingerprint density at radius 2 is 1.78 bits per heavy atom. The van der Waals surface area contributed by atoms with Crippen molar-refractivity contribution in [2.24, 2.45) is 0 Å². The van der Waals surface area contributed by atoms with Crippen LogP contribution in [0.25, 0.3) is 0 Å². The van der Waals surface area contributed by atoms with E-state index in [2.05, 4.69) is 10.0 Å². The van der Waals surface area contributed by atoms with Gasteiger partial charge in [-0.3, -0.25) is 9.52 Å². The van der Waals surface area contributed by atoms with Crippen LogP contribution in [0.5, 0.6) is 0 Å². The molecule has 7 heteroatoms. The van der Waals surface area contributed by atoms with Crippen LogP contribution in [0.3, 0.4) is 0 Å². The largest absolute Gasteiger partial charge is 0.348 e. The molecule has 2 N–H and O–H groups in total. The van der Waals surface area contributed by atoms with Crippen molar-refractivity contribution in [3.05, 3.63) is 64.2 Å². The van der Waals surface area contributed by atoms with Crippen LogP contribution in [-0.4, -0.2) is 20.6 Å². The summed E-state index contributed by atoms with van der Waals surface area (Å²) in [5.41, 5.74) is 2.75. The third kappa shape index (κ3) is 5.26. The highest BCUT2D eigenvalue weighted by molar-refractivity contribution is 7.92. The van der Waals surface area contributed by atoms with Crippen molar-refractivity contribution in [2.45, 2.75) is 13.5 Å². The van der Waals surface area contributed by atoms with Gasteiger partial charge in [-0.2, -0.15) is 0 Å². The van der Waals surface area contributed by atoms with Crippen LogP contribution in [0, 0.1) is 6.92 Å². The Kier molecular flexibility index (Phi) is 5.28. The van der Waals surface area contributed by atoms with E-state index >= 15 is 0 Å². The summed E-state index contributed by atoms with van der Waals surface area (Å²) in [7, 11) is -3.42. The number of anilines is 1. The van der Waals surface area contributed by atoms with Gasteiger partial charge in [-0.25, -0.2) is 8.42 Å². The Hall–Kier alpha value is -2.05. The molecular weight excluding hydrogens is 336 g/mol. The minimum atomic E-state index is -3.42. The van der Waals surface area contributed by atoms with Gasteiger partial charge in [0.25, 0.3) is 5.91 Å². The predicted molar refractivity (Wildman–Crippen MR) is 92.3 cm³/mol. The van der Waals surface area contributed by atoms with Crippen LogP contribution in [0.2, 0.25) is 5.02 Å². The van der Waals surface area contributed by atoms with Crippen LogP contribution >= 0.6 is 11.6 Å². The molecule has 0 unspecified atom stereocenters. The second-order valence-corrected chi connectivity index (χ2v) is 7.39. The van der Waals surface area contributed by atoms with Crippen molar-refractivity contribution in [3.8, 4) is 0 Å². The van der Waals surface area contributed by atoms with E-state index in [1.165, 1.54) is 18.2 Å². The lowest BCUT2D eigenvalue weighted by Gasteiger charge is -2.09. The van der Waals surface area contributed by atoms with E-state index in [0.29, 0.717) is 12.1 Å². The van der Waals surface area contributed by atoms with Gasteiger partial charge in [0.2, 0.25) is 10.0 Å². The van der Waals surface area contributed by atoms with E-state index in [-0.39, 0.29) is 16.6 Å². The molecule has 0 aliphatic carbocycles. The maximum absolute atomic E-state index is 12.1. The molecule has 0 aliphatic rings. The lowest BCUT2D eigenvalue weighted by Crippen LogP contribution is -2.22. The summed E-state index contributed by atoms with van der Waals surface area (Å²) in [6, 6.07) is 12.3. The highest BCUT2D eigenvalue weighted by atomic mass is 35.5. The zero-order valence-corrected chi connectivity index (χ0v) is 14.3. The van der Waals surface area contributed by atoms with Crippen LogP contribution in [0.15, 0.2) is 42.5 Å². The minimum absolute atomic E-state index is 0.165. The molecule has 1 amide bonds. The van der Waals surface area contributed by atoms with Gasteiger partial charge in [-0.15, -0.1) is 0 Å². The first-order valence-electron chi connectivity index (χ1n) is 6.86. The molecule has 5 nitrogen and oxygen atoms in total. The van der Waals surface area contributed by atoms with E-state index < -0.39 is 10.0 Å². The normalized spacial score (nSPS) is 11.1. The molecule has 0 aromatic heterocycles. The highest BCUT2D eigenvalue weighted by Crippen LogP contribution is 2.23. The zero-order valence-electron chi connectivity index (χ0n) is 12.8. The fourth-order valence-electron chi connectivity index (χ4n) is 1.93. The number of carbonyl (C=O) groups excluding carboxylic acids is 1. The van der Waals surface area contributed by atoms with E-state index in [0.717, 1.165) is 17.4 Å². The third-order valence-electron chi connectivity index (χ3n) is 3.10. The van der Waals surface area contributed by atoms with Crippen molar-refractivity contribution in [1.29, 1.82) is 0 Å². The summed E-state index contributed by atoms with van der Waals surface area (Å²) in [5.74, 6) is -0.279. The summed E-state index contributed by atoms with van der Waals surface area (Å²) in [4.78, 5) is 12.1. The lowest BCUT2D eigenvalue weighted by molar-refractivity contribution is 0.0951. The molecule has 0 saturated heterocycles. The van der Waals surface area contributed by atoms with Gasteiger partial charge in [0, 0.05) is 12.1 Å². The number of hydrogen-bond acceptors (Lipinski definition) is 3. The molecule has 2 aromatic rings. The van der Waals surface area contributed by atoms with Gasteiger partial charge in [0.15, 0.2) is 0 Å². The van der Waals surface area contributed by atoms with Crippen molar-refractivity contribution < 1.29 is 13.2 Å². The molecule has 0 aliphatic heterocycles. The van der Waals surface area contributed by atoms with Gasteiger partial charge in [-0.05, 0) is 30.7 Å². The second-order valence-electron chi connectivity index (χ2n) is 5.24. The highest BCUT2D eigenvalue weighted by Gasteiger charge is 2.11. The molecule has 0 atom stereocenters. The predicted octanol–water partition coefficient (Wildman–Crippen LogP) is 2.95. The van der Waals surface area contributed by atoms with E-state index in [9.17, 15) is 13.2 Å². The number of carbonyl (C=O) groups is 1. The third-order valence-corrected chi connectivity index (χ3v) is 4.00. The number of benzene rings is 2. The summed E-state index contributed by atoms with van der Waals surface area (Å²) < 4.78 is 24.7. The Labute approximate surface area is 140 Å². The molecular formula is C16H17ClN2O3S. The molecule has 0 spiro atoms. The first-order valence-corrected chi connectivity index (χ1v) is 9.12. The summed E-state index contributed by atoms with van der Waals surface area (Å²) in [6.07, 6.45) is 1.03. The standard InChI is InChI=1S/C16H17ClN2O3S/c1-11-3-5-12(6-4-11)10-18-16(20)13-7-8-15(14(17)9-13)19-23(2,21)22/h3-9,19H,10H2,1-2H3,(H,18,20). The van der Waals surface area contributed by atoms with Crippen molar-refractivity contribution in [3.63, 3.8) is 0 Å². The van der Waals surface area contributed by atoms with Crippen molar-refractivity contribution in [1.82, 2.24) is 5.32 Å². The van der Waals surface area contributed by atoms with Gasteiger partial charge in [-0.1, -0.05) is 41.4 Å². The Bertz CT molecular complexity index is 818. The SMILES string of the molecule is Cc1ccc(CNC(=O)c2ccc(NS(C)(=O)=O)c(Cl)c2)cc1. The molecule has 0 bridgehead atoms. The monoisotopic (exact) mass is 352 g/mol. The fraction of sp³-hybridized carbons (Fsp3) is 0.188. The number of aryl methyl sites for hydroxylation is 1. The van der Waals surface area contributed by atoms with Crippen LogP contribution in [0.4, 0.5) is 5.69 Å². The van der Waals surface area contributed by atoms with Gasteiger partial charge in [0.1, 0.15) is 0 Å². The van der Waals surface area contributed by atoms with Gasteiger partial charge < -0.3 is 5.32 Å². The summed E-state index contributed by atoms with van der Waals surface area (Å²) in [5, 5.41) is 2.96. The Morgan fingerprint density at radius 1 is 1.13 bits per heavy atom. The number of rotatable bonds is 5.